The maximum atomic E-state index is 11.5. The summed E-state index contributed by atoms with van der Waals surface area (Å²) in [6, 6.07) is 9.93. The van der Waals surface area contributed by atoms with Gasteiger partial charge in [0.25, 0.3) is 0 Å². The normalized spacial score (nSPS) is 25.1. The van der Waals surface area contributed by atoms with Gasteiger partial charge in [0.1, 0.15) is 6.04 Å². The minimum Gasteiger partial charge on any atom is -0.468 e. The van der Waals surface area contributed by atoms with Crippen molar-refractivity contribution in [3.05, 3.63) is 35.9 Å². The lowest BCUT2D eigenvalue weighted by Gasteiger charge is -2.17. The molecule has 80 valence electrons. The molecule has 3 nitrogen and oxygen atoms in total. The first-order valence-electron chi connectivity index (χ1n) is 5.19. The predicted molar refractivity (Wildman–Crippen MR) is 57.6 cm³/mol. The smallest absolute Gasteiger partial charge is 0.323 e. The van der Waals surface area contributed by atoms with Gasteiger partial charge >= 0.3 is 5.97 Å². The van der Waals surface area contributed by atoms with Gasteiger partial charge < -0.3 is 10.1 Å². The van der Waals surface area contributed by atoms with Crippen molar-refractivity contribution >= 4 is 5.97 Å². The largest absolute Gasteiger partial charge is 0.468 e. The van der Waals surface area contributed by atoms with Crippen LogP contribution in [0.2, 0.25) is 0 Å². The fourth-order valence-electron chi connectivity index (χ4n) is 2.14. The van der Waals surface area contributed by atoms with Crippen LogP contribution in [0, 0.1) is 0 Å². The highest BCUT2D eigenvalue weighted by molar-refractivity contribution is 5.77. The van der Waals surface area contributed by atoms with Gasteiger partial charge in [-0.15, -0.1) is 0 Å². The van der Waals surface area contributed by atoms with Crippen LogP contribution in [0.3, 0.4) is 0 Å². The number of carbonyl (C=O) groups is 1. The van der Waals surface area contributed by atoms with Crippen LogP contribution in [0.5, 0.6) is 0 Å². The number of esters is 1. The van der Waals surface area contributed by atoms with Crippen LogP contribution in [0.25, 0.3) is 0 Å². The first-order chi connectivity index (χ1) is 7.33. The molecule has 15 heavy (non-hydrogen) atoms. The molecule has 2 atom stereocenters. The van der Waals surface area contributed by atoms with Crippen LogP contribution in [-0.4, -0.2) is 25.7 Å². The summed E-state index contributed by atoms with van der Waals surface area (Å²) in [6.45, 7) is 0.874. The number of ether oxygens (including phenoxy) is 1. The average Bonchev–Trinajstić information content (AvgIpc) is 2.78. The van der Waals surface area contributed by atoms with E-state index in [0.29, 0.717) is 0 Å². The van der Waals surface area contributed by atoms with Gasteiger partial charge in [-0.2, -0.15) is 0 Å². The van der Waals surface area contributed by atoms with Gasteiger partial charge in [0.05, 0.1) is 7.11 Å². The van der Waals surface area contributed by atoms with Crippen LogP contribution >= 0.6 is 0 Å². The minimum atomic E-state index is -0.183. The Labute approximate surface area is 89.4 Å². The van der Waals surface area contributed by atoms with Gasteiger partial charge in [0.15, 0.2) is 0 Å². The summed E-state index contributed by atoms with van der Waals surface area (Å²) in [5.74, 6) is 0.0833. The standard InChI is InChI=1S/C12H15NO2/c1-15-12(14)11-10(7-8-13-11)9-5-3-2-4-6-9/h2-6,10-11,13H,7-8H2,1H3/t10?,11-/m0/s1. The van der Waals surface area contributed by atoms with E-state index in [1.54, 1.807) is 0 Å². The molecule has 0 radical (unpaired) electrons. The van der Waals surface area contributed by atoms with E-state index < -0.39 is 0 Å². The van der Waals surface area contributed by atoms with E-state index in [1.165, 1.54) is 12.7 Å². The van der Waals surface area contributed by atoms with Gasteiger partial charge in [0, 0.05) is 5.92 Å². The molecule has 1 aromatic carbocycles. The zero-order chi connectivity index (χ0) is 10.7. The zero-order valence-corrected chi connectivity index (χ0v) is 8.77. The molecule has 2 rings (SSSR count). The average molecular weight is 205 g/mol. The van der Waals surface area contributed by atoms with Gasteiger partial charge in [-0.3, -0.25) is 4.79 Å². The van der Waals surface area contributed by atoms with Crippen LogP contribution in [-0.2, 0) is 9.53 Å². The SMILES string of the molecule is COC(=O)[C@H]1NCCC1c1ccccc1. The molecule has 3 heteroatoms. The molecule has 1 saturated heterocycles. The Kier molecular flexibility index (Phi) is 3.02. The van der Waals surface area contributed by atoms with E-state index in [4.69, 9.17) is 4.74 Å². The molecule has 1 aliphatic heterocycles. The summed E-state index contributed by atoms with van der Waals surface area (Å²) in [6.07, 6.45) is 0.990. The van der Waals surface area contributed by atoms with Gasteiger partial charge in [-0.05, 0) is 18.5 Å². The van der Waals surface area contributed by atoms with E-state index in [2.05, 4.69) is 17.4 Å². The summed E-state index contributed by atoms with van der Waals surface area (Å²) in [5, 5.41) is 3.18. The number of rotatable bonds is 2. The Hall–Kier alpha value is -1.35. The fourth-order valence-corrected chi connectivity index (χ4v) is 2.14. The van der Waals surface area contributed by atoms with Gasteiger partial charge in [0.2, 0.25) is 0 Å². The predicted octanol–water partition coefficient (Wildman–Crippen LogP) is 1.31. The van der Waals surface area contributed by atoms with Crippen LogP contribution < -0.4 is 5.32 Å². The van der Waals surface area contributed by atoms with Crippen molar-refractivity contribution < 1.29 is 9.53 Å². The van der Waals surface area contributed by atoms with Crippen molar-refractivity contribution in [2.24, 2.45) is 0 Å². The minimum absolute atomic E-state index is 0.165. The monoisotopic (exact) mass is 205 g/mol. The molecule has 0 aliphatic carbocycles. The summed E-state index contributed by atoms with van der Waals surface area (Å²) in [7, 11) is 1.43. The quantitative estimate of drug-likeness (QED) is 0.740. The van der Waals surface area contributed by atoms with Crippen molar-refractivity contribution in [2.45, 2.75) is 18.4 Å². The number of nitrogens with one attached hydrogen (secondary N) is 1. The number of hydrogen-bond donors (Lipinski definition) is 1. The van der Waals surface area contributed by atoms with Crippen molar-refractivity contribution in [3.8, 4) is 0 Å². The van der Waals surface area contributed by atoms with Crippen molar-refractivity contribution in [1.82, 2.24) is 5.32 Å². The Bertz CT molecular complexity index is 337. The zero-order valence-electron chi connectivity index (χ0n) is 8.77. The highest BCUT2D eigenvalue weighted by Crippen LogP contribution is 2.27. The highest BCUT2D eigenvalue weighted by atomic mass is 16.5. The molecule has 1 fully saturated rings. The Morgan fingerprint density at radius 1 is 1.40 bits per heavy atom. The molecular weight excluding hydrogens is 190 g/mol. The summed E-state index contributed by atoms with van der Waals surface area (Å²) in [4.78, 5) is 11.5. The lowest BCUT2D eigenvalue weighted by molar-refractivity contribution is -0.143. The molecule has 0 aromatic heterocycles. The maximum absolute atomic E-state index is 11.5. The van der Waals surface area contributed by atoms with Crippen LogP contribution in [0.1, 0.15) is 17.9 Å². The third-order valence-corrected chi connectivity index (χ3v) is 2.90. The second-order valence-electron chi connectivity index (χ2n) is 3.76. The molecular formula is C12H15NO2. The van der Waals surface area contributed by atoms with Crippen molar-refractivity contribution in [3.63, 3.8) is 0 Å². The molecule has 1 aromatic rings. The fraction of sp³-hybridized carbons (Fsp3) is 0.417. The highest BCUT2D eigenvalue weighted by Gasteiger charge is 2.34. The second-order valence-corrected chi connectivity index (χ2v) is 3.76. The lowest BCUT2D eigenvalue weighted by Crippen LogP contribution is -2.35. The number of carbonyl (C=O) groups excluding carboxylic acids is 1. The van der Waals surface area contributed by atoms with Crippen molar-refractivity contribution in [2.75, 3.05) is 13.7 Å². The van der Waals surface area contributed by atoms with E-state index >= 15 is 0 Å². The first-order valence-corrected chi connectivity index (χ1v) is 5.19. The molecule has 0 bridgehead atoms. The lowest BCUT2D eigenvalue weighted by atomic mass is 9.92. The summed E-state index contributed by atoms with van der Waals surface area (Å²) < 4.78 is 4.78. The van der Waals surface area contributed by atoms with E-state index in [9.17, 15) is 4.79 Å². The maximum Gasteiger partial charge on any atom is 0.323 e. The van der Waals surface area contributed by atoms with E-state index in [-0.39, 0.29) is 17.9 Å². The molecule has 1 aliphatic rings. The molecule has 0 saturated carbocycles. The number of hydrogen-bond acceptors (Lipinski definition) is 3. The Morgan fingerprint density at radius 3 is 2.80 bits per heavy atom. The van der Waals surface area contributed by atoms with E-state index in [0.717, 1.165) is 13.0 Å². The van der Waals surface area contributed by atoms with Gasteiger partial charge in [-0.25, -0.2) is 0 Å². The molecule has 1 unspecified atom stereocenters. The van der Waals surface area contributed by atoms with Crippen LogP contribution in [0.4, 0.5) is 0 Å². The third kappa shape index (κ3) is 2.02. The van der Waals surface area contributed by atoms with E-state index in [1.807, 2.05) is 18.2 Å². The van der Waals surface area contributed by atoms with Gasteiger partial charge in [-0.1, -0.05) is 30.3 Å². The summed E-state index contributed by atoms with van der Waals surface area (Å²) in [5.41, 5.74) is 1.21. The first kappa shape index (κ1) is 10.2. The molecule has 1 heterocycles. The second kappa shape index (κ2) is 4.45. The van der Waals surface area contributed by atoms with Crippen LogP contribution in [0.15, 0.2) is 30.3 Å². The topological polar surface area (TPSA) is 38.3 Å². The molecule has 0 spiro atoms. The third-order valence-electron chi connectivity index (χ3n) is 2.90. The number of benzene rings is 1. The summed E-state index contributed by atoms with van der Waals surface area (Å²) >= 11 is 0. The molecule has 1 N–H and O–H groups in total. The van der Waals surface area contributed by atoms with Crippen molar-refractivity contribution in [1.29, 1.82) is 0 Å². The Morgan fingerprint density at radius 2 is 2.13 bits per heavy atom. The Balaban J connectivity index is 2.18. The molecule has 0 amide bonds. The number of methoxy groups -OCH3 is 1.